The second-order valence-corrected chi connectivity index (χ2v) is 3.93. The van der Waals surface area contributed by atoms with Crippen LogP contribution >= 0.6 is 0 Å². The Hall–Kier alpha value is -2.11. The number of carboxylic acid groups (broad SMARTS) is 1. The van der Waals surface area contributed by atoms with Crippen LogP contribution < -0.4 is 0 Å². The molecule has 6 heteroatoms. The van der Waals surface area contributed by atoms with Crippen LogP contribution in [0.15, 0.2) is 18.5 Å². The molecule has 0 aliphatic carbocycles. The van der Waals surface area contributed by atoms with Crippen molar-refractivity contribution in [3.05, 3.63) is 24.0 Å². The van der Waals surface area contributed by atoms with Crippen molar-refractivity contribution >= 4 is 18.0 Å². The Morgan fingerprint density at radius 2 is 2.28 bits per heavy atom. The molecule has 0 spiro atoms. The lowest BCUT2D eigenvalue weighted by atomic mass is 10.3. The third-order valence-electron chi connectivity index (χ3n) is 2.27. The maximum absolute atomic E-state index is 11.8. The largest absolute Gasteiger partial charge is 0.480 e. The summed E-state index contributed by atoms with van der Waals surface area (Å²) >= 11 is 0. The van der Waals surface area contributed by atoms with Gasteiger partial charge in [0.05, 0.1) is 6.20 Å². The molecule has 98 valence electrons. The van der Waals surface area contributed by atoms with Gasteiger partial charge in [-0.2, -0.15) is 5.10 Å². The van der Waals surface area contributed by atoms with Crippen LogP contribution in [-0.4, -0.2) is 44.8 Å². The minimum atomic E-state index is -1.01. The Morgan fingerprint density at radius 1 is 1.56 bits per heavy atom. The van der Waals surface area contributed by atoms with E-state index in [1.165, 1.54) is 11.0 Å². The van der Waals surface area contributed by atoms with Gasteiger partial charge in [0.25, 0.3) is 0 Å². The highest BCUT2D eigenvalue weighted by molar-refractivity contribution is 5.93. The van der Waals surface area contributed by atoms with Crippen molar-refractivity contribution in [2.24, 2.45) is 7.05 Å². The standard InChI is InChI=1S/C12H17N3O3/c1-3-6-15(9-12(17)18)11(16)5-4-10-7-13-14(2)8-10/h4-5,7-8H,3,6,9H2,1-2H3,(H,17,18). The zero-order valence-electron chi connectivity index (χ0n) is 10.5. The molecule has 0 atom stereocenters. The van der Waals surface area contributed by atoms with Crippen LogP contribution in [-0.2, 0) is 16.6 Å². The summed E-state index contributed by atoms with van der Waals surface area (Å²) in [5.74, 6) is -1.31. The Morgan fingerprint density at radius 3 is 2.78 bits per heavy atom. The fourth-order valence-corrected chi connectivity index (χ4v) is 1.50. The van der Waals surface area contributed by atoms with Crippen LogP contribution in [0.4, 0.5) is 0 Å². The molecular formula is C12H17N3O3. The molecule has 0 unspecified atom stereocenters. The quantitative estimate of drug-likeness (QED) is 0.757. The maximum Gasteiger partial charge on any atom is 0.323 e. The highest BCUT2D eigenvalue weighted by Crippen LogP contribution is 2.01. The summed E-state index contributed by atoms with van der Waals surface area (Å²) < 4.78 is 1.63. The van der Waals surface area contributed by atoms with Crippen LogP contribution in [0.5, 0.6) is 0 Å². The van der Waals surface area contributed by atoms with Crippen LogP contribution in [0.3, 0.4) is 0 Å². The summed E-state index contributed by atoms with van der Waals surface area (Å²) in [6, 6.07) is 0. The second-order valence-electron chi connectivity index (χ2n) is 3.93. The average molecular weight is 251 g/mol. The fraction of sp³-hybridized carbons (Fsp3) is 0.417. The molecule has 0 aliphatic heterocycles. The molecule has 0 aliphatic rings. The first kappa shape index (κ1) is 14.0. The third-order valence-corrected chi connectivity index (χ3v) is 2.27. The van der Waals surface area contributed by atoms with E-state index in [9.17, 15) is 9.59 Å². The number of carboxylic acids is 1. The number of hydrogen-bond acceptors (Lipinski definition) is 3. The monoisotopic (exact) mass is 251 g/mol. The van der Waals surface area contributed by atoms with Gasteiger partial charge in [-0.05, 0) is 12.5 Å². The minimum Gasteiger partial charge on any atom is -0.480 e. The van der Waals surface area contributed by atoms with Crippen molar-refractivity contribution in [3.63, 3.8) is 0 Å². The summed E-state index contributed by atoms with van der Waals surface area (Å²) in [4.78, 5) is 23.7. The van der Waals surface area contributed by atoms with Crippen molar-refractivity contribution in [3.8, 4) is 0 Å². The number of carbonyl (C=O) groups is 2. The molecule has 6 nitrogen and oxygen atoms in total. The second kappa shape index (κ2) is 6.58. The van der Waals surface area contributed by atoms with E-state index in [2.05, 4.69) is 5.10 Å². The fourth-order valence-electron chi connectivity index (χ4n) is 1.50. The number of hydrogen-bond donors (Lipinski definition) is 1. The van der Waals surface area contributed by atoms with Crippen molar-refractivity contribution < 1.29 is 14.7 Å². The zero-order valence-corrected chi connectivity index (χ0v) is 10.5. The lowest BCUT2D eigenvalue weighted by Gasteiger charge is -2.17. The van der Waals surface area contributed by atoms with E-state index < -0.39 is 5.97 Å². The van der Waals surface area contributed by atoms with Crippen LogP contribution in [0.2, 0.25) is 0 Å². The highest BCUT2D eigenvalue weighted by Gasteiger charge is 2.12. The zero-order chi connectivity index (χ0) is 13.5. The highest BCUT2D eigenvalue weighted by atomic mass is 16.4. The minimum absolute atomic E-state index is 0.274. The first-order valence-corrected chi connectivity index (χ1v) is 5.70. The molecule has 0 radical (unpaired) electrons. The van der Waals surface area contributed by atoms with E-state index in [0.29, 0.717) is 6.54 Å². The first-order valence-electron chi connectivity index (χ1n) is 5.70. The van der Waals surface area contributed by atoms with Gasteiger partial charge < -0.3 is 10.0 Å². The SMILES string of the molecule is CCCN(CC(=O)O)C(=O)C=Cc1cnn(C)c1. The summed E-state index contributed by atoms with van der Waals surface area (Å²) in [7, 11) is 1.78. The van der Waals surface area contributed by atoms with Gasteiger partial charge in [0, 0.05) is 31.4 Å². The molecule has 18 heavy (non-hydrogen) atoms. The van der Waals surface area contributed by atoms with Crippen LogP contribution in [0.25, 0.3) is 6.08 Å². The number of aliphatic carboxylic acids is 1. The van der Waals surface area contributed by atoms with E-state index in [-0.39, 0.29) is 12.5 Å². The van der Waals surface area contributed by atoms with Gasteiger partial charge in [0.2, 0.25) is 5.91 Å². The van der Waals surface area contributed by atoms with E-state index in [1.807, 2.05) is 6.92 Å². The number of aromatic nitrogens is 2. The molecule has 0 saturated heterocycles. The molecule has 0 fully saturated rings. The van der Waals surface area contributed by atoms with Gasteiger partial charge in [-0.1, -0.05) is 6.92 Å². The third kappa shape index (κ3) is 4.40. The molecule has 0 saturated carbocycles. The van der Waals surface area contributed by atoms with E-state index in [0.717, 1.165) is 12.0 Å². The number of amides is 1. The van der Waals surface area contributed by atoms with E-state index in [4.69, 9.17) is 5.11 Å². The predicted octanol–water partition coefficient (Wildman–Crippen LogP) is 0.756. The number of nitrogens with zero attached hydrogens (tertiary/aromatic N) is 3. The van der Waals surface area contributed by atoms with Gasteiger partial charge in [-0.25, -0.2) is 0 Å². The number of rotatable bonds is 6. The number of carbonyl (C=O) groups excluding carboxylic acids is 1. The smallest absolute Gasteiger partial charge is 0.323 e. The van der Waals surface area contributed by atoms with Crippen LogP contribution in [0.1, 0.15) is 18.9 Å². The summed E-state index contributed by atoms with van der Waals surface area (Å²) in [6.45, 7) is 2.06. The Bertz CT molecular complexity index is 451. The average Bonchev–Trinajstić information content (AvgIpc) is 2.71. The molecule has 0 bridgehead atoms. The van der Waals surface area contributed by atoms with Gasteiger partial charge in [0.1, 0.15) is 6.54 Å². The summed E-state index contributed by atoms with van der Waals surface area (Å²) in [5, 5.41) is 12.7. The van der Waals surface area contributed by atoms with Crippen LogP contribution in [0, 0.1) is 0 Å². The predicted molar refractivity (Wildman–Crippen MR) is 66.7 cm³/mol. The van der Waals surface area contributed by atoms with E-state index >= 15 is 0 Å². The molecule has 1 N–H and O–H groups in total. The van der Waals surface area contributed by atoms with Crippen molar-refractivity contribution in [2.75, 3.05) is 13.1 Å². The topological polar surface area (TPSA) is 75.4 Å². The molecule has 1 heterocycles. The van der Waals surface area contributed by atoms with E-state index in [1.54, 1.807) is 30.2 Å². The van der Waals surface area contributed by atoms with Gasteiger partial charge in [0.15, 0.2) is 0 Å². The van der Waals surface area contributed by atoms with Crippen molar-refractivity contribution in [1.29, 1.82) is 0 Å². The van der Waals surface area contributed by atoms with Gasteiger partial charge in [-0.3, -0.25) is 14.3 Å². The van der Waals surface area contributed by atoms with Gasteiger partial charge in [-0.15, -0.1) is 0 Å². The maximum atomic E-state index is 11.8. The Labute approximate surface area is 106 Å². The van der Waals surface area contributed by atoms with Crippen molar-refractivity contribution in [1.82, 2.24) is 14.7 Å². The molecule has 1 rings (SSSR count). The lowest BCUT2D eigenvalue weighted by molar-refractivity contribution is -0.142. The number of aryl methyl sites for hydroxylation is 1. The van der Waals surface area contributed by atoms with Gasteiger partial charge >= 0.3 is 5.97 Å². The molecule has 1 aromatic rings. The molecule has 0 aromatic carbocycles. The Kier molecular flexibility index (Phi) is 5.10. The molecule has 1 aromatic heterocycles. The first-order chi connectivity index (χ1) is 8.52. The Balaban J connectivity index is 2.65. The van der Waals surface area contributed by atoms with Crippen molar-refractivity contribution in [2.45, 2.75) is 13.3 Å². The molecular weight excluding hydrogens is 234 g/mol. The normalized spacial score (nSPS) is 10.8. The summed E-state index contributed by atoms with van der Waals surface area (Å²) in [5.41, 5.74) is 0.803. The summed E-state index contributed by atoms with van der Waals surface area (Å²) in [6.07, 6.45) is 7.12. The molecule has 1 amide bonds. The lowest BCUT2D eigenvalue weighted by Crippen LogP contribution is -2.35.